The van der Waals surface area contributed by atoms with Crippen LogP contribution in [0.2, 0.25) is 0 Å². The number of hydrogen-bond donors (Lipinski definition) is 0. The minimum atomic E-state index is -0.283. The first-order chi connectivity index (χ1) is 12.1. The fraction of sp³-hybridized carbons (Fsp3) is 0.474. The third-order valence-electron chi connectivity index (χ3n) is 4.96. The van der Waals surface area contributed by atoms with Crippen LogP contribution >= 0.6 is 0 Å². The number of likely N-dealkylation sites (N-methyl/N-ethyl adjacent to an activating group) is 2. The first-order valence-electron chi connectivity index (χ1n) is 8.79. The second kappa shape index (κ2) is 7.59. The van der Waals surface area contributed by atoms with Gasteiger partial charge in [0.2, 0.25) is 5.91 Å². The summed E-state index contributed by atoms with van der Waals surface area (Å²) >= 11 is 0. The predicted molar refractivity (Wildman–Crippen MR) is 96.1 cm³/mol. The topological polar surface area (TPSA) is 66.4 Å². The Balaban J connectivity index is 1.70. The van der Waals surface area contributed by atoms with E-state index >= 15 is 0 Å². The first-order valence-corrected chi connectivity index (χ1v) is 8.79. The third-order valence-corrected chi connectivity index (χ3v) is 4.96. The molecule has 0 aliphatic heterocycles. The van der Waals surface area contributed by atoms with E-state index in [2.05, 4.69) is 9.97 Å². The van der Waals surface area contributed by atoms with Crippen LogP contribution < -0.4 is 0 Å². The maximum absolute atomic E-state index is 12.7. The van der Waals surface area contributed by atoms with E-state index in [4.69, 9.17) is 0 Å². The standard InChI is InChI=1S/C19H24N4O2/c1-22(13-16(24)23(2)15-8-4-3-5-9-15)19(25)18-17-14(10-12-21-18)7-6-11-20-17/h6-7,10-12,15H,3-5,8-9,13H2,1-2H3. The van der Waals surface area contributed by atoms with Gasteiger partial charge in [0, 0.05) is 37.9 Å². The average molecular weight is 340 g/mol. The van der Waals surface area contributed by atoms with Gasteiger partial charge in [-0.25, -0.2) is 4.98 Å². The van der Waals surface area contributed by atoms with E-state index in [0.717, 1.165) is 18.2 Å². The lowest BCUT2D eigenvalue weighted by atomic mass is 9.94. The van der Waals surface area contributed by atoms with E-state index < -0.39 is 0 Å². The minimum absolute atomic E-state index is 0.0315. The van der Waals surface area contributed by atoms with Gasteiger partial charge in [0.25, 0.3) is 5.91 Å². The van der Waals surface area contributed by atoms with E-state index in [1.807, 2.05) is 25.2 Å². The van der Waals surface area contributed by atoms with Crippen LogP contribution in [0.3, 0.4) is 0 Å². The zero-order valence-corrected chi connectivity index (χ0v) is 14.8. The average Bonchev–Trinajstić information content (AvgIpc) is 2.67. The summed E-state index contributed by atoms with van der Waals surface area (Å²) in [6, 6.07) is 5.83. The SMILES string of the molecule is CN(CC(=O)N(C)C1CCCCC1)C(=O)c1nccc2cccnc12. The van der Waals surface area contributed by atoms with Gasteiger partial charge < -0.3 is 9.80 Å². The number of nitrogens with zero attached hydrogens (tertiary/aromatic N) is 4. The molecule has 6 heteroatoms. The Kier molecular flexibility index (Phi) is 5.26. The van der Waals surface area contributed by atoms with Gasteiger partial charge in [-0.15, -0.1) is 0 Å². The molecule has 2 aromatic rings. The molecule has 1 fully saturated rings. The molecule has 0 bridgehead atoms. The highest BCUT2D eigenvalue weighted by Gasteiger charge is 2.25. The maximum atomic E-state index is 12.7. The van der Waals surface area contributed by atoms with Gasteiger partial charge in [0.1, 0.15) is 5.52 Å². The van der Waals surface area contributed by atoms with Gasteiger partial charge in [0.05, 0.1) is 6.54 Å². The molecule has 1 aliphatic rings. The molecule has 1 saturated carbocycles. The largest absolute Gasteiger partial charge is 0.341 e. The fourth-order valence-corrected chi connectivity index (χ4v) is 3.40. The number of rotatable bonds is 4. The second-order valence-electron chi connectivity index (χ2n) is 6.69. The molecule has 3 rings (SSSR count). The van der Waals surface area contributed by atoms with Crippen molar-refractivity contribution in [3.05, 3.63) is 36.3 Å². The zero-order valence-electron chi connectivity index (χ0n) is 14.8. The Morgan fingerprint density at radius 2 is 1.84 bits per heavy atom. The van der Waals surface area contributed by atoms with Crippen molar-refractivity contribution in [3.8, 4) is 0 Å². The molecule has 2 amide bonds. The van der Waals surface area contributed by atoms with Gasteiger partial charge in [-0.3, -0.25) is 14.6 Å². The van der Waals surface area contributed by atoms with Crippen molar-refractivity contribution in [1.82, 2.24) is 19.8 Å². The van der Waals surface area contributed by atoms with Crippen molar-refractivity contribution in [2.24, 2.45) is 0 Å². The molecule has 0 N–H and O–H groups in total. The molecule has 0 radical (unpaired) electrons. The van der Waals surface area contributed by atoms with Gasteiger partial charge in [-0.2, -0.15) is 0 Å². The van der Waals surface area contributed by atoms with Crippen LogP contribution in [0.5, 0.6) is 0 Å². The van der Waals surface area contributed by atoms with Crippen LogP contribution in [0.4, 0.5) is 0 Å². The van der Waals surface area contributed by atoms with E-state index in [-0.39, 0.29) is 24.1 Å². The summed E-state index contributed by atoms with van der Waals surface area (Å²) in [5.41, 5.74) is 0.851. The molecule has 2 heterocycles. The van der Waals surface area contributed by atoms with Crippen LogP contribution in [0, 0.1) is 0 Å². The molecular weight excluding hydrogens is 316 g/mol. The van der Waals surface area contributed by atoms with Gasteiger partial charge in [-0.05, 0) is 25.0 Å². The van der Waals surface area contributed by atoms with Crippen LogP contribution in [-0.4, -0.2) is 58.3 Å². The number of hydrogen-bond acceptors (Lipinski definition) is 4. The van der Waals surface area contributed by atoms with Crippen molar-refractivity contribution in [1.29, 1.82) is 0 Å². The highest BCUT2D eigenvalue weighted by Crippen LogP contribution is 2.22. The quantitative estimate of drug-likeness (QED) is 0.858. The van der Waals surface area contributed by atoms with E-state index in [0.29, 0.717) is 11.6 Å². The molecule has 25 heavy (non-hydrogen) atoms. The number of carbonyl (C=O) groups is 2. The number of pyridine rings is 2. The van der Waals surface area contributed by atoms with E-state index in [1.165, 1.54) is 24.2 Å². The molecule has 6 nitrogen and oxygen atoms in total. The summed E-state index contributed by atoms with van der Waals surface area (Å²) < 4.78 is 0. The fourth-order valence-electron chi connectivity index (χ4n) is 3.40. The van der Waals surface area contributed by atoms with E-state index in [1.54, 1.807) is 24.3 Å². The van der Waals surface area contributed by atoms with Gasteiger partial charge in [-0.1, -0.05) is 25.3 Å². The van der Waals surface area contributed by atoms with Crippen molar-refractivity contribution in [2.75, 3.05) is 20.6 Å². The monoisotopic (exact) mass is 340 g/mol. The Bertz CT molecular complexity index is 766. The summed E-state index contributed by atoms with van der Waals surface area (Å²) in [4.78, 5) is 37.0. The highest BCUT2D eigenvalue weighted by atomic mass is 16.2. The molecule has 2 aromatic heterocycles. The Labute approximate surface area is 147 Å². The van der Waals surface area contributed by atoms with Crippen LogP contribution in [0.15, 0.2) is 30.6 Å². The second-order valence-corrected chi connectivity index (χ2v) is 6.69. The lowest BCUT2D eigenvalue weighted by molar-refractivity contribution is -0.133. The first kappa shape index (κ1) is 17.3. The number of aromatic nitrogens is 2. The number of fused-ring (bicyclic) bond motifs is 1. The molecule has 0 spiro atoms. The zero-order chi connectivity index (χ0) is 17.8. The summed E-state index contributed by atoms with van der Waals surface area (Å²) in [5, 5.41) is 0.861. The van der Waals surface area contributed by atoms with Gasteiger partial charge >= 0.3 is 0 Å². The van der Waals surface area contributed by atoms with Gasteiger partial charge in [0.15, 0.2) is 5.69 Å². The Hall–Kier alpha value is -2.50. The summed E-state index contributed by atoms with van der Waals surface area (Å²) in [6.45, 7) is 0.0523. The smallest absolute Gasteiger partial charge is 0.274 e. The van der Waals surface area contributed by atoms with Crippen molar-refractivity contribution in [2.45, 2.75) is 38.1 Å². The number of amides is 2. The normalized spacial score (nSPS) is 15.1. The Morgan fingerprint density at radius 3 is 2.60 bits per heavy atom. The minimum Gasteiger partial charge on any atom is -0.341 e. The lowest BCUT2D eigenvalue weighted by Gasteiger charge is -2.32. The lowest BCUT2D eigenvalue weighted by Crippen LogP contribution is -2.44. The predicted octanol–water partition coefficient (Wildman–Crippen LogP) is 2.49. The molecular formula is C19H24N4O2. The van der Waals surface area contributed by atoms with Crippen LogP contribution in [-0.2, 0) is 4.79 Å². The summed E-state index contributed by atoms with van der Waals surface area (Å²) in [5.74, 6) is -0.314. The van der Waals surface area contributed by atoms with Crippen LogP contribution in [0.1, 0.15) is 42.6 Å². The van der Waals surface area contributed by atoms with Crippen molar-refractivity contribution in [3.63, 3.8) is 0 Å². The molecule has 0 unspecified atom stereocenters. The molecule has 132 valence electrons. The molecule has 1 aliphatic carbocycles. The Morgan fingerprint density at radius 1 is 1.08 bits per heavy atom. The number of carbonyl (C=O) groups excluding carboxylic acids is 2. The van der Waals surface area contributed by atoms with Crippen molar-refractivity contribution < 1.29 is 9.59 Å². The molecule has 0 atom stereocenters. The van der Waals surface area contributed by atoms with Crippen LogP contribution in [0.25, 0.3) is 10.9 Å². The summed E-state index contributed by atoms with van der Waals surface area (Å²) in [6.07, 6.45) is 8.93. The third kappa shape index (κ3) is 3.78. The molecule has 0 aromatic carbocycles. The summed E-state index contributed by atoms with van der Waals surface area (Å²) in [7, 11) is 3.48. The van der Waals surface area contributed by atoms with E-state index in [9.17, 15) is 9.59 Å². The maximum Gasteiger partial charge on any atom is 0.274 e. The highest BCUT2D eigenvalue weighted by molar-refractivity contribution is 6.04. The molecule has 0 saturated heterocycles. The van der Waals surface area contributed by atoms with Crippen molar-refractivity contribution >= 4 is 22.7 Å².